The van der Waals surface area contributed by atoms with Gasteiger partial charge in [-0.15, -0.1) is 6.58 Å². The molecule has 1 heterocycles. The van der Waals surface area contributed by atoms with Crippen molar-refractivity contribution in [1.82, 2.24) is 4.90 Å². The van der Waals surface area contributed by atoms with Gasteiger partial charge in [-0.2, -0.15) is 0 Å². The fourth-order valence-electron chi connectivity index (χ4n) is 2.46. The van der Waals surface area contributed by atoms with E-state index in [2.05, 4.69) is 6.58 Å². The van der Waals surface area contributed by atoms with Gasteiger partial charge in [-0.05, 0) is 12.0 Å². The van der Waals surface area contributed by atoms with Crippen LogP contribution in [0.5, 0.6) is 0 Å². The first-order valence-corrected chi connectivity index (χ1v) is 5.80. The minimum absolute atomic E-state index is 0.0566. The highest BCUT2D eigenvalue weighted by Gasteiger charge is 2.36. The lowest BCUT2D eigenvalue weighted by Gasteiger charge is -2.26. The first-order valence-electron chi connectivity index (χ1n) is 5.80. The van der Waals surface area contributed by atoms with Gasteiger partial charge in [0.1, 0.15) is 0 Å². The van der Waals surface area contributed by atoms with E-state index in [1.807, 2.05) is 36.4 Å². The van der Waals surface area contributed by atoms with Crippen molar-refractivity contribution >= 4 is 6.09 Å². The average Bonchev–Trinajstić information content (AvgIpc) is 2.82. The van der Waals surface area contributed by atoms with Crippen molar-refractivity contribution in [2.75, 3.05) is 13.7 Å². The van der Waals surface area contributed by atoms with Gasteiger partial charge in [0.05, 0.1) is 13.2 Å². The molecule has 1 aliphatic rings. The zero-order valence-corrected chi connectivity index (χ0v) is 10.0. The zero-order chi connectivity index (χ0) is 12.3. The molecule has 17 heavy (non-hydrogen) atoms. The summed E-state index contributed by atoms with van der Waals surface area (Å²) in [7, 11) is 1.42. The maximum Gasteiger partial charge on any atom is 0.410 e. The molecule has 0 radical (unpaired) electrons. The van der Waals surface area contributed by atoms with Crippen LogP contribution in [-0.4, -0.2) is 24.6 Å². The van der Waals surface area contributed by atoms with E-state index in [1.165, 1.54) is 7.11 Å². The molecule has 0 aliphatic carbocycles. The molecule has 0 saturated carbocycles. The molecule has 90 valence electrons. The highest BCUT2D eigenvalue weighted by molar-refractivity contribution is 5.68. The van der Waals surface area contributed by atoms with Gasteiger partial charge in [-0.25, -0.2) is 4.79 Å². The fourth-order valence-corrected chi connectivity index (χ4v) is 2.46. The van der Waals surface area contributed by atoms with Gasteiger partial charge >= 0.3 is 6.09 Å². The second-order valence-corrected chi connectivity index (χ2v) is 4.21. The molecule has 1 amide bonds. The lowest BCUT2D eigenvalue weighted by molar-refractivity contribution is 0.116. The average molecular weight is 231 g/mol. The summed E-state index contributed by atoms with van der Waals surface area (Å²) in [5, 5.41) is 0. The molecule has 0 N–H and O–H groups in total. The topological polar surface area (TPSA) is 29.5 Å². The maximum absolute atomic E-state index is 11.7. The molecule has 3 heteroatoms. The number of ether oxygens (including phenoxy) is 1. The Kier molecular flexibility index (Phi) is 3.47. The summed E-state index contributed by atoms with van der Waals surface area (Å²) in [6.45, 7) is 4.58. The number of methoxy groups -OCH3 is 1. The van der Waals surface area contributed by atoms with E-state index in [0.29, 0.717) is 5.92 Å². The first kappa shape index (κ1) is 11.7. The van der Waals surface area contributed by atoms with Gasteiger partial charge in [0.2, 0.25) is 0 Å². The molecular formula is C14H17NO2. The predicted octanol–water partition coefficient (Wildman–Crippen LogP) is 3.00. The number of nitrogens with zero attached hydrogens (tertiary/aromatic N) is 1. The second-order valence-electron chi connectivity index (χ2n) is 4.21. The Labute approximate surface area is 102 Å². The molecule has 1 fully saturated rings. The summed E-state index contributed by atoms with van der Waals surface area (Å²) >= 11 is 0. The van der Waals surface area contributed by atoms with Crippen LogP contribution in [0.3, 0.4) is 0 Å². The van der Waals surface area contributed by atoms with Crippen molar-refractivity contribution in [3.8, 4) is 0 Å². The smallest absolute Gasteiger partial charge is 0.410 e. The molecule has 2 unspecified atom stereocenters. The normalized spacial score (nSPS) is 23.5. The molecule has 2 rings (SSSR count). The Bertz CT molecular complexity index is 402. The van der Waals surface area contributed by atoms with Crippen LogP contribution in [-0.2, 0) is 4.74 Å². The lowest BCUT2D eigenvalue weighted by atomic mass is 9.94. The third-order valence-corrected chi connectivity index (χ3v) is 3.30. The van der Waals surface area contributed by atoms with Gasteiger partial charge in [0, 0.05) is 12.5 Å². The molecule has 3 nitrogen and oxygen atoms in total. The molecular weight excluding hydrogens is 214 g/mol. The Morgan fingerprint density at radius 3 is 2.76 bits per heavy atom. The number of hydrogen-bond donors (Lipinski definition) is 0. The monoisotopic (exact) mass is 231 g/mol. The van der Waals surface area contributed by atoms with E-state index in [9.17, 15) is 4.79 Å². The van der Waals surface area contributed by atoms with E-state index < -0.39 is 0 Å². The van der Waals surface area contributed by atoms with Gasteiger partial charge < -0.3 is 9.64 Å². The second kappa shape index (κ2) is 5.04. The lowest BCUT2D eigenvalue weighted by Crippen LogP contribution is -2.31. The van der Waals surface area contributed by atoms with Crippen molar-refractivity contribution in [2.24, 2.45) is 5.92 Å². The van der Waals surface area contributed by atoms with E-state index in [0.717, 1.165) is 18.5 Å². The Hall–Kier alpha value is -1.77. The summed E-state index contributed by atoms with van der Waals surface area (Å²) in [5.41, 5.74) is 1.14. The first-order chi connectivity index (χ1) is 8.27. The van der Waals surface area contributed by atoms with Crippen molar-refractivity contribution in [1.29, 1.82) is 0 Å². The number of amides is 1. The van der Waals surface area contributed by atoms with Crippen molar-refractivity contribution in [2.45, 2.75) is 12.5 Å². The predicted molar refractivity (Wildman–Crippen MR) is 66.6 cm³/mol. The number of carbonyl (C=O) groups is 1. The highest BCUT2D eigenvalue weighted by Crippen LogP contribution is 2.37. The Balaban J connectivity index is 2.31. The van der Waals surface area contributed by atoms with Gasteiger partial charge in [0.25, 0.3) is 0 Å². The standard InChI is InChI=1S/C14H17NO2/c1-3-11-9-10-15(14(16)17-2)13(11)12-7-5-4-6-8-12/h3-8,11,13H,1,9-10H2,2H3. The quantitative estimate of drug-likeness (QED) is 0.732. The molecule has 0 spiro atoms. The van der Waals surface area contributed by atoms with E-state index in [1.54, 1.807) is 4.90 Å². The molecule has 1 aromatic carbocycles. The highest BCUT2D eigenvalue weighted by atomic mass is 16.5. The van der Waals surface area contributed by atoms with Gasteiger partial charge in [-0.3, -0.25) is 0 Å². The molecule has 0 bridgehead atoms. The number of benzene rings is 1. The zero-order valence-electron chi connectivity index (χ0n) is 10.0. The number of carbonyl (C=O) groups excluding carboxylic acids is 1. The van der Waals surface area contributed by atoms with Crippen LogP contribution in [0.25, 0.3) is 0 Å². The van der Waals surface area contributed by atoms with E-state index in [-0.39, 0.29) is 12.1 Å². The van der Waals surface area contributed by atoms with E-state index in [4.69, 9.17) is 4.74 Å². The molecule has 1 saturated heterocycles. The summed E-state index contributed by atoms with van der Waals surface area (Å²) < 4.78 is 4.83. The summed E-state index contributed by atoms with van der Waals surface area (Å²) in [5.74, 6) is 0.302. The van der Waals surface area contributed by atoms with Gasteiger partial charge in [0.15, 0.2) is 0 Å². The van der Waals surface area contributed by atoms with Crippen molar-refractivity contribution in [3.63, 3.8) is 0 Å². The minimum atomic E-state index is -0.261. The fraction of sp³-hybridized carbons (Fsp3) is 0.357. The van der Waals surface area contributed by atoms with Crippen LogP contribution in [0.4, 0.5) is 4.79 Å². The SMILES string of the molecule is C=CC1CCN(C(=O)OC)C1c1ccccc1. The molecule has 2 atom stereocenters. The van der Waals surface area contributed by atoms with Crippen LogP contribution < -0.4 is 0 Å². The third kappa shape index (κ3) is 2.18. The summed E-state index contributed by atoms with van der Waals surface area (Å²) in [6, 6.07) is 10.1. The largest absolute Gasteiger partial charge is 0.453 e. The third-order valence-electron chi connectivity index (χ3n) is 3.30. The van der Waals surface area contributed by atoms with Crippen LogP contribution >= 0.6 is 0 Å². The maximum atomic E-state index is 11.7. The Morgan fingerprint density at radius 2 is 2.18 bits per heavy atom. The Morgan fingerprint density at radius 1 is 1.47 bits per heavy atom. The number of likely N-dealkylation sites (tertiary alicyclic amines) is 1. The van der Waals surface area contributed by atoms with Crippen LogP contribution in [0.1, 0.15) is 18.0 Å². The molecule has 1 aromatic rings. The van der Waals surface area contributed by atoms with Gasteiger partial charge in [-0.1, -0.05) is 36.4 Å². The van der Waals surface area contributed by atoms with Crippen LogP contribution in [0, 0.1) is 5.92 Å². The summed E-state index contributed by atoms with van der Waals surface area (Å²) in [6.07, 6.45) is 2.61. The summed E-state index contributed by atoms with van der Waals surface area (Å²) in [4.78, 5) is 13.5. The molecule has 0 aromatic heterocycles. The number of rotatable bonds is 2. The van der Waals surface area contributed by atoms with Crippen LogP contribution in [0.2, 0.25) is 0 Å². The molecule has 1 aliphatic heterocycles. The van der Waals surface area contributed by atoms with Crippen LogP contribution in [0.15, 0.2) is 43.0 Å². The van der Waals surface area contributed by atoms with Crippen molar-refractivity contribution in [3.05, 3.63) is 48.6 Å². The van der Waals surface area contributed by atoms with E-state index >= 15 is 0 Å². The van der Waals surface area contributed by atoms with Crippen molar-refractivity contribution < 1.29 is 9.53 Å². The minimum Gasteiger partial charge on any atom is -0.453 e. The number of hydrogen-bond acceptors (Lipinski definition) is 2.